The Morgan fingerprint density at radius 3 is 1.56 bits per heavy atom. The van der Waals surface area contributed by atoms with Gasteiger partial charge in [-0.1, -0.05) is 85.6 Å². The van der Waals surface area contributed by atoms with Crippen molar-refractivity contribution in [2.45, 2.75) is 59.2 Å². The zero-order chi connectivity index (χ0) is 46.5. The number of ketones is 1. The Labute approximate surface area is 372 Å². The van der Waals surface area contributed by atoms with Crippen molar-refractivity contribution < 1.29 is 52.2 Å². The summed E-state index contributed by atoms with van der Waals surface area (Å²) in [5, 5.41) is 14.2. The quantitative estimate of drug-likeness (QED) is 0.120. The maximum absolute atomic E-state index is 14.0. The van der Waals surface area contributed by atoms with Gasteiger partial charge in [0.15, 0.2) is 0 Å². The Morgan fingerprint density at radius 2 is 1.11 bits per heavy atom. The third-order valence-electron chi connectivity index (χ3n) is 9.52. The van der Waals surface area contributed by atoms with Gasteiger partial charge in [-0.2, -0.15) is 0 Å². The summed E-state index contributed by atoms with van der Waals surface area (Å²) in [6.07, 6.45) is 0.724. The first kappa shape index (κ1) is 49.3. The average molecular weight is 909 g/mol. The molecule has 0 aliphatic carbocycles. The van der Waals surface area contributed by atoms with Crippen molar-refractivity contribution in [2.75, 3.05) is 26.2 Å². The highest BCUT2D eigenvalue weighted by Crippen LogP contribution is 2.24. The summed E-state index contributed by atoms with van der Waals surface area (Å²) in [4.78, 5) is 98.1. The average Bonchev–Trinajstić information content (AvgIpc) is 3.63. The number of hydrogen-bond donors (Lipinski definition) is 3. The van der Waals surface area contributed by atoms with Gasteiger partial charge >= 0.3 is 5.97 Å². The van der Waals surface area contributed by atoms with Gasteiger partial charge in [0.25, 0.3) is 23.6 Å². The number of aryl methyl sites for hydroxylation is 1. The minimum Gasteiger partial charge on any atom is -0.480 e. The van der Waals surface area contributed by atoms with E-state index in [1.54, 1.807) is 56.3 Å². The van der Waals surface area contributed by atoms with Crippen LogP contribution in [0.25, 0.3) is 0 Å². The van der Waals surface area contributed by atoms with Gasteiger partial charge in [-0.3, -0.25) is 48.2 Å². The number of halogens is 4. The first-order chi connectivity index (χ1) is 29.8. The number of rotatable bonds is 15. The molecule has 4 aromatic carbocycles. The molecule has 0 radical (unpaired) electrons. The molecule has 3 N–H and O–H groups in total. The number of nitrogens with zero attached hydrogens (tertiary/aromatic N) is 3. The first-order valence-electron chi connectivity index (χ1n) is 19.6. The predicted octanol–water partition coefficient (Wildman–Crippen LogP) is 5.97. The van der Waals surface area contributed by atoms with Gasteiger partial charge in [0.05, 0.1) is 45.4 Å². The summed E-state index contributed by atoms with van der Waals surface area (Å²) >= 11 is 11.4. The summed E-state index contributed by atoms with van der Waals surface area (Å²) in [6, 6.07) is 21.9. The second-order valence-corrected chi connectivity index (χ2v) is 15.6. The second-order valence-electron chi connectivity index (χ2n) is 14.8. The van der Waals surface area contributed by atoms with Gasteiger partial charge in [-0.05, 0) is 62.2 Å². The standard InChI is InChI=1S/C22H21ClFN3O4.C13H17ClFNO.C10H7NO4/c1-13(2)26(11-18(28)25-10-14-6-5-9-17(23)20(14)24)19(29)12-27-21(30)15-7-3-4-8-16(15)22(27)31;1-9(2)16-8-11(17)7-6-10-4-3-5-12(14)13(10)15;12-8(13)5-11-9(14)6-3-1-2-4-7(6)10(11)15/h3-9,13H,10-12H2,1-2H3,(H,25,28);3-5,9,16H,6-8H2,1-2H3;1-4H,5H2,(H,12,13). The molecule has 0 bridgehead atoms. The lowest BCUT2D eigenvalue weighted by atomic mass is 10.1. The number of aliphatic carboxylic acids is 1. The summed E-state index contributed by atoms with van der Waals surface area (Å²) in [5.74, 6) is -5.39. The number of hydrogen-bond acceptors (Lipinski definition) is 9. The number of carboxylic acids is 1. The zero-order valence-electron chi connectivity index (χ0n) is 34.8. The lowest BCUT2D eigenvalue weighted by molar-refractivity contribution is -0.138. The SMILES string of the molecule is CC(C)N(CC(=O)NCc1cccc(Cl)c1F)C(=O)CN1C(=O)c2ccccc2C1=O.CC(C)NCC(=O)CCc1cccc(Cl)c1F.O=C(O)CN1C(=O)c2ccccc2C1=O. The van der Waals surface area contributed by atoms with Gasteiger partial charge < -0.3 is 20.6 Å². The van der Waals surface area contributed by atoms with Crippen molar-refractivity contribution in [3.63, 3.8) is 0 Å². The molecule has 6 amide bonds. The Hall–Kier alpha value is -6.36. The number of benzene rings is 4. The molecule has 0 saturated carbocycles. The molecule has 14 nitrogen and oxygen atoms in total. The number of carbonyl (C=O) groups excluding carboxylic acids is 7. The minimum atomic E-state index is -1.20. The highest BCUT2D eigenvalue weighted by molar-refractivity contribution is 6.31. The van der Waals surface area contributed by atoms with Crippen molar-refractivity contribution in [1.82, 2.24) is 25.3 Å². The molecule has 2 heterocycles. The van der Waals surface area contributed by atoms with Gasteiger partial charge in [0.1, 0.15) is 30.5 Å². The van der Waals surface area contributed by atoms with Crippen LogP contribution in [0.5, 0.6) is 0 Å². The number of fused-ring (bicyclic) bond motifs is 2. The van der Waals surface area contributed by atoms with E-state index in [1.807, 2.05) is 13.8 Å². The highest BCUT2D eigenvalue weighted by atomic mass is 35.5. The predicted molar refractivity (Wildman–Crippen MR) is 229 cm³/mol. The molecule has 0 fully saturated rings. The van der Waals surface area contributed by atoms with Crippen LogP contribution in [-0.2, 0) is 32.1 Å². The third-order valence-corrected chi connectivity index (χ3v) is 10.1. The molecule has 4 aromatic rings. The fourth-order valence-corrected chi connectivity index (χ4v) is 6.59. The number of amides is 6. The maximum Gasteiger partial charge on any atom is 0.323 e. The van der Waals surface area contributed by atoms with E-state index in [9.17, 15) is 47.1 Å². The zero-order valence-corrected chi connectivity index (χ0v) is 36.3. The van der Waals surface area contributed by atoms with E-state index in [2.05, 4.69) is 10.6 Å². The van der Waals surface area contributed by atoms with E-state index in [0.717, 1.165) is 9.80 Å². The molecule has 2 aliphatic rings. The van der Waals surface area contributed by atoms with Gasteiger partial charge in [-0.25, -0.2) is 8.78 Å². The molecule has 332 valence electrons. The lowest BCUT2D eigenvalue weighted by Gasteiger charge is -2.27. The van der Waals surface area contributed by atoms with E-state index in [1.165, 1.54) is 47.4 Å². The van der Waals surface area contributed by atoms with Crippen LogP contribution in [0, 0.1) is 11.6 Å². The fourth-order valence-electron chi connectivity index (χ4n) is 6.20. The molecule has 0 unspecified atom stereocenters. The molecular formula is C45H45Cl2F2N5O9. The van der Waals surface area contributed by atoms with Crippen LogP contribution >= 0.6 is 23.2 Å². The molecule has 18 heteroatoms. The molecule has 6 rings (SSSR count). The Balaban J connectivity index is 0.000000229. The van der Waals surface area contributed by atoms with Crippen LogP contribution in [0.2, 0.25) is 10.0 Å². The molecule has 0 atom stereocenters. The van der Waals surface area contributed by atoms with Crippen LogP contribution < -0.4 is 10.6 Å². The normalized spacial score (nSPS) is 12.7. The molecule has 63 heavy (non-hydrogen) atoms. The van der Waals surface area contributed by atoms with E-state index in [0.29, 0.717) is 24.9 Å². The summed E-state index contributed by atoms with van der Waals surface area (Å²) in [7, 11) is 0. The van der Waals surface area contributed by atoms with Gasteiger partial charge in [-0.15, -0.1) is 0 Å². The monoisotopic (exact) mass is 907 g/mol. The number of imide groups is 2. The molecule has 0 spiro atoms. The van der Waals surface area contributed by atoms with E-state index in [4.69, 9.17) is 28.3 Å². The third kappa shape index (κ3) is 13.1. The van der Waals surface area contributed by atoms with Crippen molar-refractivity contribution in [3.05, 3.63) is 140 Å². The maximum atomic E-state index is 14.0. The minimum absolute atomic E-state index is 0.0494. The van der Waals surface area contributed by atoms with Gasteiger partial charge in [0.2, 0.25) is 11.8 Å². The van der Waals surface area contributed by atoms with Crippen molar-refractivity contribution in [1.29, 1.82) is 0 Å². The molecule has 0 aromatic heterocycles. The summed E-state index contributed by atoms with van der Waals surface area (Å²) in [5.41, 5.74) is 1.74. The Morgan fingerprint density at radius 1 is 0.667 bits per heavy atom. The fraction of sp³-hybridized carbons (Fsp3) is 0.289. The number of carbonyl (C=O) groups is 8. The number of carboxylic acid groups (broad SMARTS) is 1. The largest absolute Gasteiger partial charge is 0.480 e. The summed E-state index contributed by atoms with van der Waals surface area (Å²) in [6.45, 7) is 6.25. The van der Waals surface area contributed by atoms with Crippen LogP contribution in [0.15, 0.2) is 84.9 Å². The topological polar surface area (TPSA) is 191 Å². The Bertz CT molecular complexity index is 2340. The number of nitrogens with one attached hydrogen (secondary N) is 2. The molecule has 2 aliphatic heterocycles. The molecular weight excluding hydrogens is 863 g/mol. The molecule has 0 saturated heterocycles. The van der Waals surface area contributed by atoms with E-state index in [-0.39, 0.29) is 68.8 Å². The van der Waals surface area contributed by atoms with Crippen LogP contribution in [-0.4, -0.2) is 105 Å². The van der Waals surface area contributed by atoms with Crippen LogP contribution in [0.3, 0.4) is 0 Å². The number of Topliss-reactive ketones (excluding diaryl/α,β-unsaturated/α-hetero) is 1. The van der Waals surface area contributed by atoms with Crippen molar-refractivity contribution in [3.8, 4) is 0 Å². The summed E-state index contributed by atoms with van der Waals surface area (Å²) < 4.78 is 27.5. The second kappa shape index (κ2) is 22.6. The highest BCUT2D eigenvalue weighted by Gasteiger charge is 2.38. The Kier molecular flexibility index (Phi) is 17.7. The van der Waals surface area contributed by atoms with E-state index >= 15 is 0 Å². The van der Waals surface area contributed by atoms with Crippen LogP contribution in [0.1, 0.15) is 86.7 Å². The van der Waals surface area contributed by atoms with Gasteiger partial charge in [0, 0.05) is 30.6 Å². The first-order valence-corrected chi connectivity index (χ1v) is 20.4. The van der Waals surface area contributed by atoms with Crippen LogP contribution in [0.4, 0.5) is 8.78 Å². The van der Waals surface area contributed by atoms with Crippen molar-refractivity contribution in [2.24, 2.45) is 0 Å². The van der Waals surface area contributed by atoms with E-state index < -0.39 is 66.1 Å². The smallest absolute Gasteiger partial charge is 0.323 e. The lowest BCUT2D eigenvalue weighted by Crippen LogP contribution is -2.49. The van der Waals surface area contributed by atoms with Crippen molar-refractivity contribution >= 4 is 70.4 Å².